The number of halogens is 2. The lowest BCUT2D eigenvalue weighted by molar-refractivity contribution is -0.139. The van der Waals surface area contributed by atoms with Gasteiger partial charge in [0, 0.05) is 15.7 Å². The standard InChI is InChI=1S/C21H20Cl2N2O3/c1-2-28-20(26)18-17(12-9-13-5-3-4-6-16(13)23)24-21(27)25-19(18)14-7-10-15(22)11-8-14/h3-8,10-11,19H,2,9,12H2,1H3,(H2,24,25,27). The van der Waals surface area contributed by atoms with E-state index in [1.54, 1.807) is 31.2 Å². The van der Waals surface area contributed by atoms with Crippen LogP contribution >= 0.6 is 23.2 Å². The number of hydrogen-bond donors (Lipinski definition) is 2. The largest absolute Gasteiger partial charge is 0.463 e. The van der Waals surface area contributed by atoms with Crippen LogP contribution in [0, 0.1) is 0 Å². The molecule has 0 fully saturated rings. The molecule has 1 aliphatic rings. The first kappa shape index (κ1) is 20.2. The maximum absolute atomic E-state index is 12.7. The Hall–Kier alpha value is -2.50. The quantitative estimate of drug-likeness (QED) is 0.662. The summed E-state index contributed by atoms with van der Waals surface area (Å²) in [6, 6.07) is 13.5. The average Bonchev–Trinajstić information content (AvgIpc) is 2.67. The summed E-state index contributed by atoms with van der Waals surface area (Å²) in [5, 5.41) is 6.79. The smallest absolute Gasteiger partial charge is 0.338 e. The number of allylic oxidation sites excluding steroid dienone is 1. The Morgan fingerprint density at radius 3 is 2.46 bits per heavy atom. The Balaban J connectivity index is 1.97. The maximum atomic E-state index is 12.7. The summed E-state index contributed by atoms with van der Waals surface area (Å²) in [4.78, 5) is 25.0. The monoisotopic (exact) mass is 418 g/mol. The van der Waals surface area contributed by atoms with Crippen LogP contribution in [0.1, 0.15) is 30.5 Å². The Morgan fingerprint density at radius 1 is 1.07 bits per heavy atom. The summed E-state index contributed by atoms with van der Waals surface area (Å²) < 4.78 is 5.26. The molecule has 1 atom stereocenters. The van der Waals surface area contributed by atoms with E-state index in [2.05, 4.69) is 10.6 Å². The molecule has 1 aliphatic heterocycles. The molecule has 1 unspecified atom stereocenters. The predicted molar refractivity (Wildman–Crippen MR) is 109 cm³/mol. The Bertz CT molecular complexity index is 910. The highest BCUT2D eigenvalue weighted by atomic mass is 35.5. The number of rotatable bonds is 6. The zero-order valence-corrected chi connectivity index (χ0v) is 16.8. The molecular weight excluding hydrogens is 399 g/mol. The number of carbonyl (C=O) groups excluding carboxylic acids is 2. The molecule has 7 heteroatoms. The molecule has 2 N–H and O–H groups in total. The first-order valence-corrected chi connectivity index (χ1v) is 9.71. The predicted octanol–water partition coefficient (Wildman–Crippen LogP) is 4.80. The molecule has 146 valence electrons. The van der Waals surface area contributed by atoms with Crippen molar-refractivity contribution in [2.24, 2.45) is 0 Å². The van der Waals surface area contributed by atoms with Crippen LogP contribution in [-0.4, -0.2) is 18.6 Å². The van der Waals surface area contributed by atoms with Crippen molar-refractivity contribution < 1.29 is 14.3 Å². The lowest BCUT2D eigenvalue weighted by Gasteiger charge is -2.29. The summed E-state index contributed by atoms with van der Waals surface area (Å²) in [5.74, 6) is -0.468. The molecular formula is C21H20Cl2N2O3. The van der Waals surface area contributed by atoms with Crippen molar-refractivity contribution in [3.05, 3.63) is 81.0 Å². The Morgan fingerprint density at radius 2 is 1.79 bits per heavy atom. The third kappa shape index (κ3) is 4.66. The van der Waals surface area contributed by atoms with Gasteiger partial charge in [-0.05, 0) is 49.1 Å². The molecule has 0 saturated carbocycles. The molecule has 0 aromatic heterocycles. The molecule has 1 heterocycles. The molecule has 0 aliphatic carbocycles. The molecule has 0 spiro atoms. The van der Waals surface area contributed by atoms with Crippen LogP contribution in [0.4, 0.5) is 4.79 Å². The van der Waals surface area contributed by atoms with Crippen LogP contribution in [0.2, 0.25) is 10.0 Å². The van der Waals surface area contributed by atoms with Gasteiger partial charge < -0.3 is 15.4 Å². The highest BCUT2D eigenvalue weighted by Crippen LogP contribution is 2.30. The summed E-state index contributed by atoms with van der Waals surface area (Å²) in [7, 11) is 0. The first-order chi connectivity index (χ1) is 13.5. The van der Waals surface area contributed by atoms with Gasteiger partial charge in [0.25, 0.3) is 0 Å². The van der Waals surface area contributed by atoms with E-state index >= 15 is 0 Å². The fourth-order valence-corrected chi connectivity index (χ4v) is 3.49. The van der Waals surface area contributed by atoms with Crippen LogP contribution in [0.3, 0.4) is 0 Å². The third-order valence-corrected chi connectivity index (χ3v) is 5.08. The van der Waals surface area contributed by atoms with Gasteiger partial charge in [0.1, 0.15) is 0 Å². The van der Waals surface area contributed by atoms with Crippen LogP contribution in [0.5, 0.6) is 0 Å². The van der Waals surface area contributed by atoms with Crippen molar-refractivity contribution in [2.45, 2.75) is 25.8 Å². The second-order valence-electron chi connectivity index (χ2n) is 6.29. The van der Waals surface area contributed by atoms with E-state index in [-0.39, 0.29) is 12.6 Å². The van der Waals surface area contributed by atoms with Crippen molar-refractivity contribution in [1.29, 1.82) is 0 Å². The summed E-state index contributed by atoms with van der Waals surface area (Å²) >= 11 is 12.2. The highest BCUT2D eigenvalue weighted by molar-refractivity contribution is 6.31. The number of nitrogens with one attached hydrogen (secondary N) is 2. The minimum absolute atomic E-state index is 0.238. The topological polar surface area (TPSA) is 67.4 Å². The molecule has 0 bridgehead atoms. The lowest BCUT2D eigenvalue weighted by Crippen LogP contribution is -2.46. The first-order valence-electron chi connectivity index (χ1n) is 8.96. The number of ether oxygens (including phenoxy) is 1. The van der Waals surface area contributed by atoms with Gasteiger partial charge in [-0.3, -0.25) is 0 Å². The molecule has 3 rings (SSSR count). The molecule has 0 saturated heterocycles. The van der Waals surface area contributed by atoms with Crippen LogP contribution in [-0.2, 0) is 16.0 Å². The summed E-state index contributed by atoms with van der Waals surface area (Å²) in [6.45, 7) is 1.98. The van der Waals surface area contributed by atoms with E-state index in [1.807, 2.05) is 24.3 Å². The van der Waals surface area contributed by atoms with Crippen molar-refractivity contribution in [3.63, 3.8) is 0 Å². The number of aryl methyl sites for hydroxylation is 1. The van der Waals surface area contributed by atoms with Crippen LogP contribution < -0.4 is 10.6 Å². The van der Waals surface area contributed by atoms with E-state index in [0.717, 1.165) is 11.1 Å². The van der Waals surface area contributed by atoms with E-state index in [9.17, 15) is 9.59 Å². The van der Waals surface area contributed by atoms with Crippen LogP contribution in [0.25, 0.3) is 0 Å². The normalized spacial score (nSPS) is 16.4. The molecule has 28 heavy (non-hydrogen) atoms. The van der Waals surface area contributed by atoms with Gasteiger partial charge >= 0.3 is 12.0 Å². The van der Waals surface area contributed by atoms with Gasteiger partial charge in [0.15, 0.2) is 0 Å². The fourth-order valence-electron chi connectivity index (χ4n) is 3.13. The minimum atomic E-state index is -0.619. The average molecular weight is 419 g/mol. The van der Waals surface area contributed by atoms with Crippen LogP contribution in [0.15, 0.2) is 59.8 Å². The number of urea groups is 1. The van der Waals surface area contributed by atoms with E-state index in [0.29, 0.717) is 34.2 Å². The zero-order chi connectivity index (χ0) is 20.1. The van der Waals surface area contributed by atoms with Gasteiger partial charge in [0.2, 0.25) is 0 Å². The van der Waals surface area contributed by atoms with Crippen molar-refractivity contribution in [2.75, 3.05) is 6.61 Å². The second-order valence-corrected chi connectivity index (χ2v) is 7.13. The lowest BCUT2D eigenvalue weighted by atomic mass is 9.93. The summed E-state index contributed by atoms with van der Waals surface area (Å²) in [5.41, 5.74) is 2.60. The van der Waals surface area contributed by atoms with Crippen molar-refractivity contribution >= 4 is 35.2 Å². The SMILES string of the molecule is CCOC(=O)C1=C(CCc2ccccc2Cl)NC(=O)NC1c1ccc(Cl)cc1. The number of amides is 2. The third-order valence-electron chi connectivity index (χ3n) is 4.45. The fraction of sp³-hybridized carbons (Fsp3) is 0.238. The van der Waals surface area contributed by atoms with Gasteiger partial charge in [-0.1, -0.05) is 53.5 Å². The molecule has 2 amide bonds. The molecule has 0 radical (unpaired) electrons. The number of esters is 1. The Kier molecular flexibility index (Phi) is 6.60. The van der Waals surface area contributed by atoms with E-state index in [4.69, 9.17) is 27.9 Å². The molecule has 2 aromatic rings. The number of carbonyl (C=O) groups is 2. The van der Waals surface area contributed by atoms with E-state index in [1.165, 1.54) is 0 Å². The second kappa shape index (κ2) is 9.13. The van der Waals surface area contributed by atoms with Gasteiger partial charge in [-0.15, -0.1) is 0 Å². The van der Waals surface area contributed by atoms with Crippen molar-refractivity contribution in [3.8, 4) is 0 Å². The molecule has 5 nitrogen and oxygen atoms in total. The number of hydrogen-bond acceptors (Lipinski definition) is 3. The summed E-state index contributed by atoms with van der Waals surface area (Å²) in [6.07, 6.45) is 1.01. The Labute approximate surface area is 173 Å². The molecule has 2 aromatic carbocycles. The minimum Gasteiger partial charge on any atom is -0.463 e. The van der Waals surface area contributed by atoms with Gasteiger partial charge in [0.05, 0.1) is 18.2 Å². The number of benzene rings is 2. The zero-order valence-electron chi connectivity index (χ0n) is 15.3. The van der Waals surface area contributed by atoms with Gasteiger partial charge in [-0.2, -0.15) is 0 Å². The van der Waals surface area contributed by atoms with Gasteiger partial charge in [-0.25, -0.2) is 9.59 Å². The highest BCUT2D eigenvalue weighted by Gasteiger charge is 2.33. The van der Waals surface area contributed by atoms with E-state index < -0.39 is 12.0 Å². The maximum Gasteiger partial charge on any atom is 0.338 e. The van der Waals surface area contributed by atoms with Crippen molar-refractivity contribution in [1.82, 2.24) is 10.6 Å².